The molecule has 1 heterocycles. The maximum atomic E-state index is 10.8. The molecule has 0 saturated heterocycles. The van der Waals surface area contributed by atoms with E-state index in [-0.39, 0.29) is 6.42 Å². The number of nitrogens with two attached hydrogens (primary N) is 1. The van der Waals surface area contributed by atoms with Gasteiger partial charge >= 0.3 is 5.97 Å². The fourth-order valence-corrected chi connectivity index (χ4v) is 1.23. The Morgan fingerprint density at radius 3 is 3.15 bits per heavy atom. The van der Waals surface area contributed by atoms with Crippen LogP contribution in [-0.2, 0) is 16.2 Å². The van der Waals surface area contributed by atoms with Gasteiger partial charge in [0.05, 0.1) is 22.7 Å². The van der Waals surface area contributed by atoms with Gasteiger partial charge in [-0.2, -0.15) is 5.10 Å². The molecule has 0 aromatic carbocycles. The number of carbonyl (C=O) groups excluding carboxylic acids is 1. The van der Waals surface area contributed by atoms with E-state index in [0.29, 0.717) is 6.54 Å². The average molecular weight is 296 g/mol. The van der Waals surface area contributed by atoms with Crippen molar-refractivity contribution >= 4 is 28.6 Å². The summed E-state index contributed by atoms with van der Waals surface area (Å²) in [7, 11) is 0. The smallest absolute Gasteiger partial charge is 0.328 e. The number of nitrogens with one attached hydrogen (secondary N) is 1. The van der Waals surface area contributed by atoms with Crippen LogP contribution in [0.15, 0.2) is 12.4 Å². The standard InChI is InChI=1S/C6H9IN4O2/c7-5-3-9-11(4-5)2-1-6(12)13-10-8/h3-4,10H,1-2,8H2. The van der Waals surface area contributed by atoms with Crippen molar-refractivity contribution in [1.82, 2.24) is 15.4 Å². The summed E-state index contributed by atoms with van der Waals surface area (Å²) in [5, 5.41) is 4.00. The molecule has 0 saturated carbocycles. The van der Waals surface area contributed by atoms with Gasteiger partial charge in [0, 0.05) is 6.20 Å². The second kappa shape index (κ2) is 5.14. The van der Waals surface area contributed by atoms with E-state index >= 15 is 0 Å². The van der Waals surface area contributed by atoms with Crippen LogP contribution in [0.25, 0.3) is 0 Å². The van der Waals surface area contributed by atoms with E-state index in [1.165, 1.54) is 0 Å². The molecule has 0 atom stereocenters. The van der Waals surface area contributed by atoms with Crippen LogP contribution in [0.5, 0.6) is 0 Å². The quantitative estimate of drug-likeness (QED) is 0.457. The van der Waals surface area contributed by atoms with Crippen LogP contribution in [-0.4, -0.2) is 15.7 Å². The first kappa shape index (κ1) is 10.4. The maximum absolute atomic E-state index is 10.8. The van der Waals surface area contributed by atoms with Crippen LogP contribution in [0.3, 0.4) is 0 Å². The molecule has 0 radical (unpaired) electrons. The van der Waals surface area contributed by atoms with Crippen LogP contribution in [0.1, 0.15) is 6.42 Å². The van der Waals surface area contributed by atoms with Crippen molar-refractivity contribution in [1.29, 1.82) is 0 Å². The van der Waals surface area contributed by atoms with Gasteiger partial charge in [-0.05, 0) is 22.6 Å². The minimum atomic E-state index is -0.409. The first-order valence-corrected chi connectivity index (χ1v) is 4.63. The molecule has 1 aromatic heterocycles. The number of carbonyl (C=O) groups is 1. The van der Waals surface area contributed by atoms with Crippen molar-refractivity contribution in [2.45, 2.75) is 13.0 Å². The molecule has 0 unspecified atom stereocenters. The first-order chi connectivity index (χ1) is 6.22. The minimum Gasteiger partial charge on any atom is -0.356 e. The molecule has 1 aromatic rings. The van der Waals surface area contributed by atoms with E-state index in [4.69, 9.17) is 5.84 Å². The molecule has 0 fully saturated rings. The highest BCUT2D eigenvalue weighted by molar-refractivity contribution is 14.1. The largest absolute Gasteiger partial charge is 0.356 e. The summed E-state index contributed by atoms with van der Waals surface area (Å²) >= 11 is 2.14. The van der Waals surface area contributed by atoms with E-state index < -0.39 is 5.97 Å². The Morgan fingerprint density at radius 1 is 1.85 bits per heavy atom. The summed E-state index contributed by atoms with van der Waals surface area (Å²) in [5.41, 5.74) is 1.83. The van der Waals surface area contributed by atoms with Gasteiger partial charge in [0.1, 0.15) is 0 Å². The van der Waals surface area contributed by atoms with Crippen molar-refractivity contribution in [2.75, 3.05) is 0 Å². The SMILES string of the molecule is NNOC(=O)CCn1cc(I)cn1. The lowest BCUT2D eigenvalue weighted by Crippen LogP contribution is -2.26. The van der Waals surface area contributed by atoms with Gasteiger partial charge in [-0.3, -0.25) is 9.48 Å². The normalized spacial score (nSPS) is 10.0. The topological polar surface area (TPSA) is 82.2 Å². The number of nitrogens with zero attached hydrogens (tertiary/aromatic N) is 2. The fourth-order valence-electron chi connectivity index (χ4n) is 0.783. The van der Waals surface area contributed by atoms with Crippen molar-refractivity contribution in [2.24, 2.45) is 5.84 Å². The summed E-state index contributed by atoms with van der Waals surface area (Å²) in [6.45, 7) is 0.490. The molecular formula is C6H9IN4O2. The van der Waals surface area contributed by atoms with E-state index in [1.54, 1.807) is 10.9 Å². The summed E-state index contributed by atoms with van der Waals surface area (Å²) in [6.07, 6.45) is 3.79. The Kier molecular flexibility index (Phi) is 4.12. The highest BCUT2D eigenvalue weighted by Crippen LogP contribution is 2.01. The van der Waals surface area contributed by atoms with Gasteiger partial charge in [0.15, 0.2) is 0 Å². The van der Waals surface area contributed by atoms with Crippen molar-refractivity contribution in [3.63, 3.8) is 0 Å². The Bertz CT molecular complexity index is 288. The molecule has 0 amide bonds. The molecule has 0 aliphatic carbocycles. The molecule has 6 nitrogen and oxygen atoms in total. The molecule has 72 valence electrons. The molecule has 13 heavy (non-hydrogen) atoms. The van der Waals surface area contributed by atoms with E-state index in [1.807, 2.05) is 11.8 Å². The van der Waals surface area contributed by atoms with Crippen LogP contribution < -0.4 is 11.4 Å². The first-order valence-electron chi connectivity index (χ1n) is 3.55. The number of rotatable bonds is 4. The molecule has 0 spiro atoms. The van der Waals surface area contributed by atoms with Crippen molar-refractivity contribution in [3.8, 4) is 0 Å². The minimum absolute atomic E-state index is 0.238. The van der Waals surface area contributed by atoms with Gasteiger partial charge in [0.2, 0.25) is 0 Å². The van der Waals surface area contributed by atoms with Gasteiger partial charge in [-0.25, -0.2) is 5.84 Å². The van der Waals surface area contributed by atoms with E-state index in [2.05, 4.69) is 32.5 Å². The van der Waals surface area contributed by atoms with Crippen LogP contribution in [0, 0.1) is 3.57 Å². The van der Waals surface area contributed by atoms with E-state index in [0.717, 1.165) is 3.57 Å². The van der Waals surface area contributed by atoms with Gasteiger partial charge in [0.25, 0.3) is 0 Å². The zero-order valence-electron chi connectivity index (χ0n) is 6.74. The molecular weight excluding hydrogens is 287 g/mol. The molecule has 3 N–H and O–H groups in total. The Labute approximate surface area is 88.5 Å². The van der Waals surface area contributed by atoms with E-state index in [9.17, 15) is 4.79 Å². The number of halogens is 1. The Morgan fingerprint density at radius 2 is 2.62 bits per heavy atom. The Hall–Kier alpha value is -0.670. The number of aromatic nitrogens is 2. The van der Waals surface area contributed by atoms with Crippen LogP contribution in [0.4, 0.5) is 0 Å². The highest BCUT2D eigenvalue weighted by atomic mass is 127. The predicted molar refractivity (Wildman–Crippen MR) is 53.0 cm³/mol. The third-order valence-corrected chi connectivity index (χ3v) is 1.88. The third kappa shape index (κ3) is 3.70. The fraction of sp³-hybridized carbons (Fsp3) is 0.333. The highest BCUT2D eigenvalue weighted by Gasteiger charge is 2.02. The molecule has 0 aliphatic heterocycles. The molecule has 0 bridgehead atoms. The molecule has 7 heteroatoms. The second-order valence-electron chi connectivity index (χ2n) is 2.26. The number of hydrogen-bond donors (Lipinski definition) is 2. The summed E-state index contributed by atoms with van der Waals surface area (Å²) in [4.78, 5) is 15.1. The summed E-state index contributed by atoms with van der Waals surface area (Å²) in [6, 6.07) is 0. The number of aryl methyl sites for hydroxylation is 1. The lowest BCUT2D eigenvalue weighted by Gasteiger charge is -2.00. The predicted octanol–water partition coefficient (Wildman–Crippen LogP) is -0.201. The number of hydrogen-bond acceptors (Lipinski definition) is 5. The lowest BCUT2D eigenvalue weighted by atomic mass is 10.4. The maximum Gasteiger partial charge on any atom is 0.328 e. The average Bonchev–Trinajstić information content (AvgIpc) is 2.49. The van der Waals surface area contributed by atoms with Gasteiger partial charge < -0.3 is 4.84 Å². The van der Waals surface area contributed by atoms with Crippen molar-refractivity contribution in [3.05, 3.63) is 16.0 Å². The zero-order valence-corrected chi connectivity index (χ0v) is 8.89. The van der Waals surface area contributed by atoms with Crippen molar-refractivity contribution < 1.29 is 9.63 Å². The number of hydrazine groups is 1. The molecule has 1 rings (SSSR count). The van der Waals surface area contributed by atoms with Crippen LogP contribution >= 0.6 is 22.6 Å². The summed E-state index contributed by atoms with van der Waals surface area (Å²) in [5.74, 6) is 4.38. The molecule has 0 aliphatic rings. The summed E-state index contributed by atoms with van der Waals surface area (Å²) < 4.78 is 2.70. The lowest BCUT2D eigenvalue weighted by molar-refractivity contribution is -0.151. The third-order valence-electron chi connectivity index (χ3n) is 1.32. The van der Waals surface area contributed by atoms with Gasteiger partial charge in [-0.15, -0.1) is 0 Å². The Balaban J connectivity index is 2.30. The zero-order chi connectivity index (χ0) is 9.68. The monoisotopic (exact) mass is 296 g/mol. The van der Waals surface area contributed by atoms with Crippen LogP contribution in [0.2, 0.25) is 0 Å². The second-order valence-corrected chi connectivity index (χ2v) is 3.51. The van der Waals surface area contributed by atoms with Gasteiger partial charge in [-0.1, -0.05) is 5.59 Å².